The third kappa shape index (κ3) is 3.26. The Balaban J connectivity index is 2.98. The molecule has 0 saturated carbocycles. The molecular weight excluding hydrogens is 210 g/mol. The molecule has 0 aromatic carbocycles. The zero-order valence-corrected chi connectivity index (χ0v) is 10.1. The van der Waals surface area contributed by atoms with E-state index in [1.54, 1.807) is 0 Å². The summed E-state index contributed by atoms with van der Waals surface area (Å²) in [6.45, 7) is 4.02. The Kier molecular flexibility index (Phi) is 4.66. The normalized spacial score (nSPS) is 19.6. The Morgan fingerprint density at radius 3 is 2.93 bits per heavy atom. The molecule has 0 saturated heterocycles. The third-order valence-corrected chi connectivity index (χ3v) is 2.68. The fraction of sp³-hybridized carbons (Fsp3) is 0.600. The fourth-order valence-corrected chi connectivity index (χ4v) is 1.34. The van der Waals surface area contributed by atoms with Crippen molar-refractivity contribution in [2.75, 3.05) is 12.9 Å². The number of aliphatic hydroxyl groups excluding tert-OH is 1. The molecule has 0 radical (unpaired) electrons. The van der Waals surface area contributed by atoms with E-state index in [-0.39, 0.29) is 12.6 Å². The van der Waals surface area contributed by atoms with E-state index in [9.17, 15) is 0 Å². The van der Waals surface area contributed by atoms with Crippen LogP contribution in [0.15, 0.2) is 10.6 Å². The molecule has 1 aliphatic heterocycles. The first-order valence-corrected chi connectivity index (χ1v) is 6.13. The minimum absolute atomic E-state index is 0.0899. The predicted octanol–water partition coefficient (Wildman–Crippen LogP) is 0.161. The maximum Gasteiger partial charge on any atom is 0.421 e. The van der Waals surface area contributed by atoms with Crippen LogP contribution in [0.4, 0.5) is 0 Å². The van der Waals surface area contributed by atoms with Crippen LogP contribution in [0.25, 0.3) is 0 Å². The summed E-state index contributed by atoms with van der Waals surface area (Å²) in [5, 5.41) is 12.9. The van der Waals surface area contributed by atoms with Gasteiger partial charge in [-0.3, -0.25) is 0 Å². The number of nitrogens with zero attached hydrogens (tertiary/aromatic N) is 2. The molecule has 1 rings (SSSR count). The van der Waals surface area contributed by atoms with Crippen molar-refractivity contribution in [3.05, 3.63) is 5.57 Å². The van der Waals surface area contributed by atoms with Gasteiger partial charge in [0, 0.05) is 0 Å². The molecule has 4 nitrogen and oxygen atoms in total. The maximum absolute atomic E-state index is 9.11. The fourth-order valence-electron chi connectivity index (χ4n) is 1.00. The van der Waals surface area contributed by atoms with Crippen LogP contribution >= 0.6 is 11.8 Å². The Labute approximate surface area is 93.9 Å². The molecule has 1 aliphatic rings. The lowest BCUT2D eigenvalue weighted by Crippen LogP contribution is -2.36. The summed E-state index contributed by atoms with van der Waals surface area (Å²) in [6.07, 6.45) is 2.90. The zero-order chi connectivity index (χ0) is 11.3. The van der Waals surface area contributed by atoms with E-state index in [0.29, 0.717) is 11.4 Å². The number of amidine groups is 2. The summed E-state index contributed by atoms with van der Waals surface area (Å²) in [4.78, 5) is 4.46. The molecule has 5 heteroatoms. The molecule has 0 aromatic rings. The van der Waals surface area contributed by atoms with Gasteiger partial charge < -0.3 is 5.11 Å². The van der Waals surface area contributed by atoms with Crippen LogP contribution in [-0.4, -0.2) is 40.9 Å². The lowest BCUT2D eigenvalue weighted by molar-refractivity contribution is 0.338. The molecule has 0 aromatic heterocycles. The highest BCUT2D eigenvalue weighted by Gasteiger charge is 2.21. The van der Waals surface area contributed by atoms with E-state index in [2.05, 4.69) is 27.8 Å². The molecule has 0 amide bonds. The minimum Gasteiger partial charge on any atom is -0.391 e. The quantitative estimate of drug-likeness (QED) is 0.674. The number of nitrogens with one attached hydrogen (secondary N) is 1. The van der Waals surface area contributed by atoms with Crippen molar-refractivity contribution >= 4 is 28.6 Å². The smallest absolute Gasteiger partial charge is 0.391 e. The van der Waals surface area contributed by atoms with Crippen LogP contribution < -0.4 is 9.98 Å². The van der Waals surface area contributed by atoms with Crippen molar-refractivity contribution in [3.8, 4) is 0 Å². The highest BCUT2D eigenvalue weighted by Crippen LogP contribution is 2.02. The monoisotopic (exact) mass is 226 g/mol. The maximum atomic E-state index is 9.11. The SMILES string of the molecule is CCC(C)N=C1NC(SC)=[N+]=C=C1CO. The summed E-state index contributed by atoms with van der Waals surface area (Å²) in [7, 11) is 0. The Bertz CT molecular complexity index is 363. The van der Waals surface area contributed by atoms with Crippen LogP contribution in [0.3, 0.4) is 0 Å². The van der Waals surface area contributed by atoms with E-state index in [1.807, 2.05) is 13.2 Å². The number of hydrogen-bond donors (Lipinski definition) is 2. The van der Waals surface area contributed by atoms with E-state index >= 15 is 0 Å². The molecule has 82 valence electrons. The standard InChI is InChI=1S/C10H15N3OS/c1-4-7(2)12-9-8(6-14)5-11-10(13-9)15-3/h7,14H,4,6H2,1-3H3/p+1. The second kappa shape index (κ2) is 5.79. The number of aliphatic hydroxyl groups is 1. The number of thioether (sulfide) groups is 1. The summed E-state index contributed by atoms with van der Waals surface area (Å²) in [5.41, 5.74) is 0.619. The summed E-state index contributed by atoms with van der Waals surface area (Å²) >= 11 is 1.50. The van der Waals surface area contributed by atoms with Gasteiger partial charge in [0.15, 0.2) is 5.87 Å². The first kappa shape index (κ1) is 12.1. The van der Waals surface area contributed by atoms with E-state index in [1.165, 1.54) is 11.8 Å². The van der Waals surface area contributed by atoms with Crippen LogP contribution in [0.5, 0.6) is 0 Å². The highest BCUT2D eigenvalue weighted by atomic mass is 32.2. The molecular formula is C10H16N3OS+. The third-order valence-electron chi connectivity index (χ3n) is 2.10. The lowest BCUT2D eigenvalue weighted by atomic mass is 10.2. The number of hydrogen-bond acceptors (Lipinski definition) is 3. The summed E-state index contributed by atoms with van der Waals surface area (Å²) in [5.74, 6) is 3.48. The Morgan fingerprint density at radius 1 is 1.67 bits per heavy atom. The zero-order valence-electron chi connectivity index (χ0n) is 9.24. The van der Waals surface area contributed by atoms with Gasteiger partial charge in [0.2, 0.25) is 5.84 Å². The van der Waals surface area contributed by atoms with Gasteiger partial charge in [-0.2, -0.15) is 0 Å². The number of rotatable bonds is 3. The van der Waals surface area contributed by atoms with Crippen molar-refractivity contribution in [2.45, 2.75) is 26.3 Å². The molecule has 1 heterocycles. The molecule has 15 heavy (non-hydrogen) atoms. The second-order valence-corrected chi connectivity index (χ2v) is 4.02. The molecule has 1 atom stereocenters. The van der Waals surface area contributed by atoms with E-state index in [0.717, 1.165) is 11.6 Å². The average molecular weight is 226 g/mol. The topological polar surface area (TPSA) is 58.7 Å². The molecule has 2 N–H and O–H groups in total. The van der Waals surface area contributed by atoms with Crippen LogP contribution in [-0.2, 0) is 0 Å². The van der Waals surface area contributed by atoms with Gasteiger partial charge in [-0.25, -0.2) is 10.3 Å². The molecule has 0 aliphatic carbocycles. The first-order valence-electron chi connectivity index (χ1n) is 4.90. The molecule has 0 bridgehead atoms. The minimum atomic E-state index is -0.0899. The second-order valence-electron chi connectivity index (χ2n) is 3.23. The summed E-state index contributed by atoms with van der Waals surface area (Å²) < 4.78 is 4.02. The predicted molar refractivity (Wildman–Crippen MR) is 66.6 cm³/mol. The van der Waals surface area contributed by atoms with Crippen molar-refractivity contribution in [1.29, 1.82) is 0 Å². The van der Waals surface area contributed by atoms with Crippen LogP contribution in [0.1, 0.15) is 20.3 Å². The Hall–Kier alpha value is -0.990. The van der Waals surface area contributed by atoms with Crippen LogP contribution in [0, 0.1) is 0 Å². The van der Waals surface area contributed by atoms with E-state index < -0.39 is 0 Å². The highest BCUT2D eigenvalue weighted by molar-refractivity contribution is 8.13. The largest absolute Gasteiger partial charge is 0.421 e. The Morgan fingerprint density at radius 2 is 2.40 bits per heavy atom. The average Bonchev–Trinajstić information content (AvgIpc) is 2.28. The first-order chi connectivity index (χ1) is 7.21. The molecule has 0 fully saturated rings. The molecule has 1 unspecified atom stereocenters. The summed E-state index contributed by atoms with van der Waals surface area (Å²) in [6, 6.07) is 0.233. The van der Waals surface area contributed by atoms with Gasteiger partial charge in [-0.1, -0.05) is 6.92 Å². The van der Waals surface area contributed by atoms with Crippen LogP contribution in [0.2, 0.25) is 0 Å². The van der Waals surface area contributed by atoms with Crippen molar-refractivity contribution in [3.63, 3.8) is 0 Å². The lowest BCUT2D eigenvalue weighted by Gasteiger charge is -2.06. The molecule has 0 spiro atoms. The van der Waals surface area contributed by atoms with Gasteiger partial charge in [0.1, 0.15) is 5.57 Å². The van der Waals surface area contributed by atoms with Crippen molar-refractivity contribution in [1.82, 2.24) is 9.98 Å². The van der Waals surface area contributed by atoms with Gasteiger partial charge in [0.05, 0.1) is 12.6 Å². The van der Waals surface area contributed by atoms with Gasteiger partial charge >= 0.3 is 5.17 Å². The van der Waals surface area contributed by atoms with Gasteiger partial charge in [0.25, 0.3) is 0 Å². The van der Waals surface area contributed by atoms with Crippen molar-refractivity contribution < 1.29 is 5.11 Å². The van der Waals surface area contributed by atoms with Gasteiger partial charge in [-0.05, 0) is 31.4 Å². The van der Waals surface area contributed by atoms with Crippen molar-refractivity contribution in [2.24, 2.45) is 4.99 Å². The van der Waals surface area contributed by atoms with E-state index in [4.69, 9.17) is 5.11 Å². The van der Waals surface area contributed by atoms with Gasteiger partial charge in [-0.15, -0.1) is 4.67 Å². The number of aliphatic imine (C=N–C) groups is 1.